The van der Waals surface area contributed by atoms with Crippen LogP contribution in [0, 0.1) is 0 Å². The van der Waals surface area contributed by atoms with Crippen LogP contribution >= 0.6 is 0 Å². The Bertz CT molecular complexity index is 1060. The molecule has 4 heterocycles. The maximum Gasteiger partial charge on any atom is 0.247 e. The van der Waals surface area contributed by atoms with Crippen molar-refractivity contribution in [2.45, 2.75) is 26.9 Å². The molecule has 0 atom stereocenters. The second-order valence-corrected chi connectivity index (χ2v) is 6.77. The molecule has 0 saturated heterocycles. The molecule has 4 aromatic rings. The lowest BCUT2D eigenvalue weighted by molar-refractivity contribution is -0.127. The summed E-state index contributed by atoms with van der Waals surface area (Å²) in [7, 11) is 0. The zero-order valence-corrected chi connectivity index (χ0v) is 15.4. The zero-order valence-electron chi connectivity index (χ0n) is 15.4. The average molecular weight is 359 g/mol. The summed E-state index contributed by atoms with van der Waals surface area (Å²) >= 11 is 0. The molecule has 0 aromatic carbocycles. The first kappa shape index (κ1) is 17.0. The number of hydrogen-bond donors (Lipinski definition) is 0. The molecule has 0 N–H and O–H groups in total. The minimum atomic E-state index is -0.0215. The van der Waals surface area contributed by atoms with Gasteiger partial charge in [0.05, 0.1) is 36.9 Å². The van der Waals surface area contributed by atoms with E-state index in [1.165, 1.54) is 0 Å². The molecule has 0 bridgehead atoms. The molecule has 0 saturated carbocycles. The molecule has 6 heteroatoms. The van der Waals surface area contributed by atoms with Gasteiger partial charge < -0.3 is 13.7 Å². The van der Waals surface area contributed by atoms with Gasteiger partial charge >= 0.3 is 0 Å². The number of aromatic nitrogens is 4. The van der Waals surface area contributed by atoms with Gasteiger partial charge in [-0.05, 0) is 38.1 Å². The third kappa shape index (κ3) is 3.46. The summed E-state index contributed by atoms with van der Waals surface area (Å²) in [5.41, 5.74) is 4.65. The van der Waals surface area contributed by atoms with Crippen molar-refractivity contribution in [1.29, 1.82) is 0 Å². The van der Waals surface area contributed by atoms with Crippen LogP contribution in [0.3, 0.4) is 0 Å². The van der Waals surface area contributed by atoms with Crippen molar-refractivity contribution in [3.63, 3.8) is 0 Å². The molecule has 4 rings (SSSR count). The normalized spacial score (nSPS) is 11.0. The Labute approximate surface area is 157 Å². The molecular formula is C21H21N5O. The van der Waals surface area contributed by atoms with Crippen molar-refractivity contribution >= 4 is 17.2 Å². The molecule has 0 aliphatic rings. The minimum absolute atomic E-state index is 0.0215. The number of carbonyl (C=O) groups excluding carboxylic acids is 1. The molecule has 0 fully saturated rings. The van der Waals surface area contributed by atoms with Crippen molar-refractivity contribution in [2.24, 2.45) is 0 Å². The molecule has 1 amide bonds. The van der Waals surface area contributed by atoms with E-state index < -0.39 is 0 Å². The molecule has 0 aliphatic carbocycles. The molecule has 0 unspecified atom stereocenters. The van der Waals surface area contributed by atoms with Gasteiger partial charge in [0.25, 0.3) is 0 Å². The van der Waals surface area contributed by atoms with Gasteiger partial charge in [0.1, 0.15) is 11.3 Å². The quantitative estimate of drug-likeness (QED) is 0.513. The van der Waals surface area contributed by atoms with Crippen molar-refractivity contribution in [3.8, 4) is 0 Å². The van der Waals surface area contributed by atoms with Crippen molar-refractivity contribution in [1.82, 2.24) is 23.7 Å². The molecule has 0 aliphatic heterocycles. The second kappa shape index (κ2) is 7.07. The number of pyridine rings is 2. The van der Waals surface area contributed by atoms with Crippen LogP contribution in [-0.4, -0.2) is 29.6 Å². The van der Waals surface area contributed by atoms with Crippen LogP contribution in [0.2, 0.25) is 0 Å². The van der Waals surface area contributed by atoms with Gasteiger partial charge in [-0.25, -0.2) is 9.97 Å². The van der Waals surface area contributed by atoms with Crippen LogP contribution < -0.4 is 0 Å². The first-order valence-corrected chi connectivity index (χ1v) is 8.87. The van der Waals surface area contributed by atoms with E-state index in [2.05, 4.69) is 9.97 Å². The Morgan fingerprint density at radius 3 is 1.93 bits per heavy atom. The first-order valence-electron chi connectivity index (χ1n) is 8.87. The molecular weight excluding hydrogens is 338 g/mol. The topological polar surface area (TPSA) is 54.9 Å². The van der Waals surface area contributed by atoms with E-state index in [9.17, 15) is 4.79 Å². The van der Waals surface area contributed by atoms with Crippen LogP contribution in [0.1, 0.15) is 25.2 Å². The van der Waals surface area contributed by atoms with E-state index in [0.717, 1.165) is 28.3 Å². The van der Waals surface area contributed by atoms with E-state index in [-0.39, 0.29) is 5.91 Å². The fraction of sp³-hybridized carbons (Fsp3) is 0.190. The van der Waals surface area contributed by atoms with Crippen LogP contribution in [0.4, 0.5) is 0 Å². The van der Waals surface area contributed by atoms with Gasteiger partial charge in [0, 0.05) is 18.5 Å². The maximum atomic E-state index is 12.9. The highest BCUT2D eigenvalue weighted by Gasteiger charge is 2.17. The summed E-state index contributed by atoms with van der Waals surface area (Å²) in [6.45, 7) is 4.79. The Balaban J connectivity index is 1.68. The number of rotatable bonds is 5. The SMILES string of the molecule is CC(C)=CC(=O)N(Cc1cnc2ccccn12)Cc1cnc2ccccn12. The van der Waals surface area contributed by atoms with E-state index in [1.807, 2.05) is 88.7 Å². The van der Waals surface area contributed by atoms with E-state index in [4.69, 9.17) is 0 Å². The van der Waals surface area contributed by atoms with Gasteiger partial charge in [-0.2, -0.15) is 0 Å². The lowest BCUT2D eigenvalue weighted by Crippen LogP contribution is -2.29. The summed E-state index contributed by atoms with van der Waals surface area (Å²) in [5, 5.41) is 0. The van der Waals surface area contributed by atoms with Crippen molar-refractivity contribution in [3.05, 3.63) is 84.2 Å². The summed E-state index contributed by atoms with van der Waals surface area (Å²) in [6.07, 6.45) is 9.26. The van der Waals surface area contributed by atoms with Gasteiger partial charge in [-0.1, -0.05) is 17.7 Å². The fourth-order valence-corrected chi connectivity index (χ4v) is 3.15. The first-order chi connectivity index (χ1) is 13.1. The summed E-state index contributed by atoms with van der Waals surface area (Å²) in [5.74, 6) is -0.0215. The molecule has 0 spiro atoms. The van der Waals surface area contributed by atoms with Gasteiger partial charge in [0.2, 0.25) is 5.91 Å². The fourth-order valence-electron chi connectivity index (χ4n) is 3.15. The van der Waals surface area contributed by atoms with E-state index in [0.29, 0.717) is 13.1 Å². The van der Waals surface area contributed by atoms with Gasteiger partial charge in [-0.15, -0.1) is 0 Å². The lowest BCUT2D eigenvalue weighted by Gasteiger charge is -2.21. The third-order valence-corrected chi connectivity index (χ3v) is 4.42. The zero-order chi connectivity index (χ0) is 18.8. The number of imidazole rings is 2. The second-order valence-electron chi connectivity index (χ2n) is 6.77. The number of hydrogen-bond acceptors (Lipinski definition) is 3. The Kier molecular flexibility index (Phi) is 4.46. The predicted molar refractivity (Wildman–Crippen MR) is 104 cm³/mol. The highest BCUT2D eigenvalue weighted by atomic mass is 16.2. The molecule has 6 nitrogen and oxygen atoms in total. The summed E-state index contributed by atoms with van der Waals surface area (Å²) < 4.78 is 4.02. The number of fused-ring (bicyclic) bond motifs is 2. The maximum absolute atomic E-state index is 12.9. The number of allylic oxidation sites excluding steroid dienone is 1. The van der Waals surface area contributed by atoms with E-state index in [1.54, 1.807) is 6.08 Å². The summed E-state index contributed by atoms with van der Waals surface area (Å²) in [4.78, 5) is 23.5. The van der Waals surface area contributed by atoms with Crippen molar-refractivity contribution < 1.29 is 4.79 Å². The molecule has 27 heavy (non-hydrogen) atoms. The van der Waals surface area contributed by atoms with Crippen LogP contribution in [0.25, 0.3) is 11.3 Å². The number of amides is 1. The standard InChI is InChI=1S/C21H21N5O/c1-16(2)11-21(27)24(14-17-12-22-19-7-3-5-9-25(17)19)15-18-13-23-20-8-4-6-10-26(18)20/h3-13H,14-15H2,1-2H3. The Morgan fingerprint density at radius 2 is 1.44 bits per heavy atom. The lowest BCUT2D eigenvalue weighted by atomic mass is 10.2. The minimum Gasteiger partial charge on any atom is -0.327 e. The Hall–Kier alpha value is -3.41. The van der Waals surface area contributed by atoms with Gasteiger partial charge in [-0.3, -0.25) is 4.79 Å². The monoisotopic (exact) mass is 359 g/mol. The highest BCUT2D eigenvalue weighted by molar-refractivity contribution is 5.88. The largest absolute Gasteiger partial charge is 0.327 e. The van der Waals surface area contributed by atoms with E-state index >= 15 is 0 Å². The van der Waals surface area contributed by atoms with Crippen LogP contribution in [0.5, 0.6) is 0 Å². The van der Waals surface area contributed by atoms with Crippen LogP contribution in [0.15, 0.2) is 72.8 Å². The smallest absolute Gasteiger partial charge is 0.247 e. The highest BCUT2D eigenvalue weighted by Crippen LogP contribution is 2.15. The van der Waals surface area contributed by atoms with Crippen molar-refractivity contribution in [2.75, 3.05) is 0 Å². The van der Waals surface area contributed by atoms with Crippen LogP contribution in [-0.2, 0) is 17.9 Å². The molecule has 136 valence electrons. The third-order valence-electron chi connectivity index (χ3n) is 4.42. The predicted octanol–water partition coefficient (Wildman–Crippen LogP) is 3.48. The molecule has 4 aromatic heterocycles. The Morgan fingerprint density at radius 1 is 0.926 bits per heavy atom. The average Bonchev–Trinajstić information content (AvgIpc) is 3.25. The van der Waals surface area contributed by atoms with Gasteiger partial charge in [0.15, 0.2) is 0 Å². The number of nitrogens with zero attached hydrogens (tertiary/aromatic N) is 5. The molecule has 0 radical (unpaired) electrons. The summed E-state index contributed by atoms with van der Waals surface area (Å²) in [6, 6.07) is 11.7. The number of carbonyl (C=O) groups is 1.